The summed E-state index contributed by atoms with van der Waals surface area (Å²) in [6, 6.07) is 17.8. The predicted molar refractivity (Wildman–Crippen MR) is 160 cm³/mol. The van der Waals surface area contributed by atoms with Crippen LogP contribution in [0.5, 0.6) is 0 Å². The van der Waals surface area contributed by atoms with Crippen LogP contribution in [0, 0.1) is 17.8 Å². The number of carbonyl (C=O) groups is 1. The van der Waals surface area contributed by atoms with Crippen molar-refractivity contribution in [3.05, 3.63) is 94.4 Å². The summed E-state index contributed by atoms with van der Waals surface area (Å²) in [4.78, 5) is 24.4. The molecule has 0 radical (unpaired) electrons. The Labute approximate surface area is 233 Å². The summed E-state index contributed by atoms with van der Waals surface area (Å²) in [5.41, 5.74) is 13.6. The van der Waals surface area contributed by atoms with E-state index in [9.17, 15) is 9.59 Å². The quantitative estimate of drug-likeness (QED) is 0.254. The highest BCUT2D eigenvalue weighted by molar-refractivity contribution is 6.02. The van der Waals surface area contributed by atoms with E-state index in [-0.39, 0.29) is 22.9 Å². The summed E-state index contributed by atoms with van der Waals surface area (Å²) in [5, 5.41) is 8.46. The fraction of sp³-hybridized carbons (Fsp3) is 0.258. The van der Waals surface area contributed by atoms with Crippen LogP contribution in [0.2, 0.25) is 0 Å². The third kappa shape index (κ3) is 6.08. The van der Waals surface area contributed by atoms with Crippen molar-refractivity contribution in [2.45, 2.75) is 19.8 Å². The number of aryl methyl sites for hydroxylation is 2. The van der Waals surface area contributed by atoms with E-state index in [1.54, 1.807) is 13.1 Å². The molecule has 1 aliphatic heterocycles. The summed E-state index contributed by atoms with van der Waals surface area (Å²) in [6.07, 6.45) is 3.41. The molecule has 1 atom stereocenters. The number of hydrogen-bond acceptors (Lipinski definition) is 6. The fourth-order valence-corrected chi connectivity index (χ4v) is 4.63. The first-order valence-electron chi connectivity index (χ1n) is 13.1. The molecule has 1 unspecified atom stereocenters. The number of fused-ring (bicyclic) bond motifs is 1. The Balaban J connectivity index is 0.000000224. The third-order valence-corrected chi connectivity index (χ3v) is 6.57. The maximum Gasteiger partial charge on any atom is 0.264 e. The SMILES string of the molecule is C=CCNc1c(C(N)=O)c(N)nn1C.CCc1cc2cccc(C#CC3CCOC3)c2c(=O)n1-c1ccccc1. The lowest BCUT2D eigenvalue weighted by Crippen LogP contribution is -2.22. The van der Waals surface area contributed by atoms with Gasteiger partial charge in [0.1, 0.15) is 11.4 Å². The molecule has 4 aromatic rings. The number of ether oxygens (including phenoxy) is 1. The van der Waals surface area contributed by atoms with Crippen LogP contribution in [-0.4, -0.2) is 40.0 Å². The molecular weight excluding hydrogens is 504 g/mol. The normalized spacial score (nSPS) is 14.1. The van der Waals surface area contributed by atoms with Crippen molar-refractivity contribution in [2.24, 2.45) is 18.7 Å². The van der Waals surface area contributed by atoms with Gasteiger partial charge in [-0.2, -0.15) is 5.10 Å². The molecule has 0 saturated carbocycles. The number of rotatable bonds is 6. The Bertz CT molecular complexity index is 1640. The molecule has 9 heteroatoms. The van der Waals surface area contributed by atoms with Gasteiger partial charge in [-0.15, -0.1) is 6.58 Å². The molecule has 5 rings (SSSR count). The number of aromatic nitrogens is 3. The molecule has 40 heavy (non-hydrogen) atoms. The highest BCUT2D eigenvalue weighted by Gasteiger charge is 2.18. The molecule has 2 aromatic heterocycles. The summed E-state index contributed by atoms with van der Waals surface area (Å²) >= 11 is 0. The van der Waals surface area contributed by atoms with Crippen LogP contribution in [0.25, 0.3) is 16.5 Å². The number of nitrogens with two attached hydrogens (primary N) is 2. The number of amides is 1. The highest BCUT2D eigenvalue weighted by Crippen LogP contribution is 2.21. The van der Waals surface area contributed by atoms with E-state index in [0.29, 0.717) is 24.4 Å². The Kier molecular flexibility index (Phi) is 9.04. The van der Waals surface area contributed by atoms with E-state index in [1.165, 1.54) is 4.68 Å². The van der Waals surface area contributed by atoms with Gasteiger partial charge < -0.3 is 21.5 Å². The van der Waals surface area contributed by atoms with Crippen LogP contribution >= 0.6 is 0 Å². The lowest BCUT2D eigenvalue weighted by molar-refractivity contribution is 0.100. The van der Waals surface area contributed by atoms with Crippen molar-refractivity contribution in [1.29, 1.82) is 0 Å². The lowest BCUT2D eigenvalue weighted by atomic mass is 10.0. The number of anilines is 2. The van der Waals surface area contributed by atoms with E-state index in [1.807, 2.05) is 53.1 Å². The summed E-state index contributed by atoms with van der Waals surface area (Å²) in [5.74, 6) is 6.83. The molecule has 1 aliphatic rings. The van der Waals surface area contributed by atoms with E-state index in [4.69, 9.17) is 16.2 Å². The molecule has 2 aromatic carbocycles. The van der Waals surface area contributed by atoms with E-state index >= 15 is 0 Å². The molecule has 1 fully saturated rings. The topological polar surface area (TPSA) is 130 Å². The summed E-state index contributed by atoms with van der Waals surface area (Å²) < 4.78 is 8.68. The van der Waals surface area contributed by atoms with Gasteiger partial charge in [0.05, 0.1) is 12.0 Å². The zero-order valence-corrected chi connectivity index (χ0v) is 22.8. The average molecular weight is 539 g/mol. The number of para-hydroxylation sites is 1. The molecule has 1 amide bonds. The largest absolute Gasteiger partial charge is 0.381 e. The number of carbonyl (C=O) groups excluding carboxylic acids is 1. The standard InChI is InChI=1S/C23H21NO2.C8H13N5O/c1-2-20-15-19-8-6-7-18(12-11-17-13-14-26-16-17)22(19)23(25)24(20)21-9-4-3-5-10-21;1-3-4-11-8-5(7(10)14)6(9)12-13(8)2/h3-10,15,17H,2,13-14,16H2,1H3;3,11H,1,4H2,2H3,(H2,9,12)(H2,10,14). The van der Waals surface area contributed by atoms with Gasteiger partial charge in [-0.1, -0.05) is 55.2 Å². The van der Waals surface area contributed by atoms with E-state index < -0.39 is 5.91 Å². The Morgan fingerprint density at radius 2 is 2.02 bits per heavy atom. The molecule has 5 N–H and O–H groups in total. The number of nitrogen functional groups attached to an aromatic ring is 1. The van der Waals surface area contributed by atoms with E-state index in [2.05, 4.69) is 41.8 Å². The molecule has 0 aliphatic carbocycles. The zero-order valence-electron chi connectivity index (χ0n) is 22.8. The maximum absolute atomic E-state index is 13.4. The minimum atomic E-state index is -0.595. The fourth-order valence-electron chi connectivity index (χ4n) is 4.63. The third-order valence-electron chi connectivity index (χ3n) is 6.57. The lowest BCUT2D eigenvalue weighted by Gasteiger charge is -2.14. The summed E-state index contributed by atoms with van der Waals surface area (Å²) in [7, 11) is 1.67. The second kappa shape index (κ2) is 12.8. The van der Waals surface area contributed by atoms with Crippen molar-refractivity contribution in [3.8, 4) is 17.5 Å². The van der Waals surface area contributed by atoms with Gasteiger partial charge in [0.2, 0.25) is 0 Å². The van der Waals surface area contributed by atoms with Gasteiger partial charge in [0, 0.05) is 43.1 Å². The Hall–Kier alpha value is -4.81. The maximum atomic E-state index is 13.4. The Morgan fingerprint density at radius 3 is 2.67 bits per heavy atom. The number of hydrogen-bond donors (Lipinski definition) is 3. The number of nitrogens with one attached hydrogen (secondary N) is 1. The van der Waals surface area contributed by atoms with Crippen LogP contribution in [-0.2, 0) is 18.2 Å². The van der Waals surface area contributed by atoms with E-state index in [0.717, 1.165) is 41.8 Å². The Morgan fingerprint density at radius 1 is 1.25 bits per heavy atom. The number of benzene rings is 2. The van der Waals surface area contributed by atoms with Gasteiger partial charge in [-0.3, -0.25) is 18.8 Å². The summed E-state index contributed by atoms with van der Waals surface area (Å²) in [6.45, 7) is 7.59. The molecule has 9 nitrogen and oxygen atoms in total. The number of primary amides is 1. The second-order valence-electron chi connectivity index (χ2n) is 9.33. The molecular formula is C31H34N6O3. The second-order valence-corrected chi connectivity index (χ2v) is 9.33. The van der Waals surface area contributed by atoms with Crippen LogP contribution in [0.1, 0.15) is 35.0 Å². The van der Waals surface area contributed by atoms with Gasteiger partial charge in [-0.05, 0) is 42.5 Å². The van der Waals surface area contributed by atoms with Gasteiger partial charge in [-0.25, -0.2) is 0 Å². The first kappa shape index (κ1) is 28.2. The minimum absolute atomic E-state index is 0.00174. The number of nitrogens with zero attached hydrogens (tertiary/aromatic N) is 3. The van der Waals surface area contributed by atoms with Crippen LogP contribution in [0.15, 0.2) is 72.0 Å². The van der Waals surface area contributed by atoms with Crippen LogP contribution in [0.3, 0.4) is 0 Å². The first-order chi connectivity index (χ1) is 19.3. The monoisotopic (exact) mass is 538 g/mol. The van der Waals surface area contributed by atoms with Gasteiger partial charge >= 0.3 is 0 Å². The number of pyridine rings is 1. The first-order valence-corrected chi connectivity index (χ1v) is 13.1. The minimum Gasteiger partial charge on any atom is -0.381 e. The molecule has 0 bridgehead atoms. The van der Waals surface area contributed by atoms with Crippen molar-refractivity contribution in [3.63, 3.8) is 0 Å². The molecule has 0 spiro atoms. The van der Waals surface area contributed by atoms with Crippen LogP contribution in [0.4, 0.5) is 11.6 Å². The molecule has 1 saturated heterocycles. The smallest absolute Gasteiger partial charge is 0.264 e. The van der Waals surface area contributed by atoms with Crippen molar-refractivity contribution in [2.75, 3.05) is 30.8 Å². The highest BCUT2D eigenvalue weighted by atomic mass is 16.5. The van der Waals surface area contributed by atoms with Crippen LogP contribution < -0.4 is 22.3 Å². The zero-order chi connectivity index (χ0) is 28.6. The van der Waals surface area contributed by atoms with Crippen molar-refractivity contribution in [1.82, 2.24) is 14.3 Å². The molecule has 206 valence electrons. The predicted octanol–water partition coefficient (Wildman–Crippen LogP) is 3.64. The average Bonchev–Trinajstić information content (AvgIpc) is 3.58. The molecule has 3 heterocycles. The van der Waals surface area contributed by atoms with Crippen molar-refractivity contribution < 1.29 is 9.53 Å². The van der Waals surface area contributed by atoms with Gasteiger partial charge in [0.15, 0.2) is 5.82 Å². The van der Waals surface area contributed by atoms with Crippen molar-refractivity contribution >= 4 is 28.3 Å². The van der Waals surface area contributed by atoms with Gasteiger partial charge in [0.25, 0.3) is 11.5 Å².